The van der Waals surface area contributed by atoms with Gasteiger partial charge in [-0.3, -0.25) is 4.90 Å². The lowest BCUT2D eigenvalue weighted by molar-refractivity contribution is 0.119. The number of nitrogens with one attached hydrogen (secondary N) is 1. The summed E-state index contributed by atoms with van der Waals surface area (Å²) in [5.41, 5.74) is 1.06. The van der Waals surface area contributed by atoms with Crippen LogP contribution in [0.2, 0.25) is 0 Å². The summed E-state index contributed by atoms with van der Waals surface area (Å²) in [6.07, 6.45) is 0. The Labute approximate surface area is 145 Å². The number of phenolic OH excluding ortho intramolecular Hbond substituents is 1. The van der Waals surface area contributed by atoms with E-state index in [1.165, 1.54) is 12.1 Å². The quantitative estimate of drug-likeness (QED) is 0.834. The van der Waals surface area contributed by atoms with Crippen LogP contribution >= 0.6 is 0 Å². The topological polar surface area (TPSA) is 44.7 Å². The molecule has 4 nitrogen and oxygen atoms in total. The fourth-order valence-corrected chi connectivity index (χ4v) is 3.70. The van der Waals surface area contributed by atoms with E-state index in [1.807, 2.05) is 0 Å². The molecular formula is C19H20F2N2O2. The van der Waals surface area contributed by atoms with E-state index in [0.29, 0.717) is 24.3 Å². The van der Waals surface area contributed by atoms with E-state index in [0.717, 1.165) is 19.6 Å². The van der Waals surface area contributed by atoms with Crippen molar-refractivity contribution in [2.45, 2.75) is 19.5 Å². The first-order valence-electron chi connectivity index (χ1n) is 8.43. The van der Waals surface area contributed by atoms with Crippen LogP contribution in [0.1, 0.15) is 11.1 Å². The number of halogens is 2. The van der Waals surface area contributed by atoms with Crippen LogP contribution in [-0.2, 0) is 6.54 Å². The van der Waals surface area contributed by atoms with Gasteiger partial charge in [0.2, 0.25) is 0 Å². The fraction of sp³-hybridized carbons (Fsp3) is 0.368. The molecule has 0 bridgehead atoms. The molecule has 2 N–H and O–H groups in total. The van der Waals surface area contributed by atoms with E-state index in [9.17, 15) is 9.50 Å². The molecule has 2 aliphatic rings. The molecule has 0 amide bonds. The molecule has 2 heterocycles. The Bertz CT molecular complexity index is 805. The Balaban J connectivity index is 1.84. The second-order valence-corrected chi connectivity index (χ2v) is 6.64. The van der Waals surface area contributed by atoms with Gasteiger partial charge < -0.3 is 15.2 Å². The van der Waals surface area contributed by atoms with Crippen molar-refractivity contribution in [3.63, 3.8) is 0 Å². The van der Waals surface area contributed by atoms with E-state index >= 15 is 4.39 Å². The van der Waals surface area contributed by atoms with Crippen molar-refractivity contribution in [3.8, 4) is 22.6 Å². The first-order chi connectivity index (χ1) is 12.1. The van der Waals surface area contributed by atoms with Crippen molar-refractivity contribution in [3.05, 3.63) is 47.0 Å². The van der Waals surface area contributed by atoms with Crippen molar-refractivity contribution in [2.75, 3.05) is 26.2 Å². The average Bonchev–Trinajstić information content (AvgIpc) is 2.76. The number of piperazine rings is 1. The van der Waals surface area contributed by atoms with Gasteiger partial charge in [0.05, 0.1) is 11.6 Å². The van der Waals surface area contributed by atoms with E-state index in [4.69, 9.17) is 4.74 Å². The highest BCUT2D eigenvalue weighted by atomic mass is 19.1. The average molecular weight is 346 g/mol. The van der Waals surface area contributed by atoms with E-state index < -0.39 is 11.6 Å². The van der Waals surface area contributed by atoms with Gasteiger partial charge in [-0.05, 0) is 24.6 Å². The van der Waals surface area contributed by atoms with Crippen LogP contribution in [0.5, 0.6) is 11.5 Å². The van der Waals surface area contributed by atoms with Gasteiger partial charge in [0, 0.05) is 37.3 Å². The summed E-state index contributed by atoms with van der Waals surface area (Å²) in [4.78, 5) is 2.19. The SMILES string of the molecule is Cc1cccc(O)c1-c1c(F)cc2c(c1F)OC[C@H]1CNCCN1C2. The number of aryl methyl sites for hydroxylation is 1. The minimum absolute atomic E-state index is 0.0912. The van der Waals surface area contributed by atoms with Gasteiger partial charge in [-0.2, -0.15) is 0 Å². The maximum absolute atomic E-state index is 15.2. The lowest BCUT2D eigenvalue weighted by atomic mass is 9.96. The molecule has 132 valence electrons. The predicted octanol–water partition coefficient (Wildman–Crippen LogP) is 2.81. The van der Waals surface area contributed by atoms with Crippen molar-refractivity contribution in [1.29, 1.82) is 0 Å². The maximum atomic E-state index is 15.2. The van der Waals surface area contributed by atoms with Crippen LogP contribution in [0.25, 0.3) is 11.1 Å². The maximum Gasteiger partial charge on any atom is 0.176 e. The summed E-state index contributed by atoms with van der Waals surface area (Å²) in [6, 6.07) is 6.27. The van der Waals surface area contributed by atoms with Crippen LogP contribution in [-0.4, -0.2) is 42.3 Å². The predicted molar refractivity (Wildman–Crippen MR) is 90.8 cm³/mol. The van der Waals surface area contributed by atoms with E-state index in [-0.39, 0.29) is 28.7 Å². The Morgan fingerprint density at radius 2 is 2.12 bits per heavy atom. The molecule has 2 aliphatic heterocycles. The molecule has 1 saturated heterocycles. The van der Waals surface area contributed by atoms with Crippen molar-refractivity contribution < 1.29 is 18.6 Å². The smallest absolute Gasteiger partial charge is 0.176 e. The molecule has 2 aromatic rings. The molecule has 0 saturated carbocycles. The molecule has 4 rings (SSSR count). The third-order valence-electron chi connectivity index (χ3n) is 5.02. The van der Waals surface area contributed by atoms with Crippen molar-refractivity contribution in [2.24, 2.45) is 0 Å². The Kier molecular flexibility index (Phi) is 4.09. The van der Waals surface area contributed by atoms with Gasteiger partial charge in [0.1, 0.15) is 18.2 Å². The van der Waals surface area contributed by atoms with E-state index in [1.54, 1.807) is 19.1 Å². The summed E-state index contributed by atoms with van der Waals surface area (Å²) in [5.74, 6) is -1.48. The molecule has 2 aromatic carbocycles. The van der Waals surface area contributed by atoms with Crippen LogP contribution in [0, 0.1) is 18.6 Å². The number of rotatable bonds is 1. The number of hydrogen-bond acceptors (Lipinski definition) is 4. The molecule has 1 fully saturated rings. The Morgan fingerprint density at radius 3 is 2.92 bits per heavy atom. The molecule has 0 unspecified atom stereocenters. The zero-order chi connectivity index (χ0) is 17.6. The Morgan fingerprint density at radius 1 is 1.28 bits per heavy atom. The van der Waals surface area contributed by atoms with Crippen LogP contribution < -0.4 is 10.1 Å². The molecule has 0 spiro atoms. The lowest BCUT2D eigenvalue weighted by Gasteiger charge is -2.33. The molecule has 0 aliphatic carbocycles. The highest BCUT2D eigenvalue weighted by Gasteiger charge is 2.31. The first kappa shape index (κ1) is 16.3. The number of benzene rings is 2. The number of hydrogen-bond donors (Lipinski definition) is 2. The molecule has 0 radical (unpaired) electrons. The first-order valence-corrected chi connectivity index (χ1v) is 8.43. The van der Waals surface area contributed by atoms with Crippen LogP contribution in [0.4, 0.5) is 8.78 Å². The third kappa shape index (κ3) is 2.75. The second kappa shape index (κ2) is 6.28. The minimum Gasteiger partial charge on any atom is -0.507 e. The summed E-state index contributed by atoms with van der Waals surface area (Å²) in [5, 5.41) is 13.4. The third-order valence-corrected chi connectivity index (χ3v) is 5.02. The number of phenols is 1. The number of ether oxygens (including phenoxy) is 1. The number of aromatic hydroxyl groups is 1. The molecule has 1 atom stereocenters. The largest absolute Gasteiger partial charge is 0.507 e. The summed E-state index contributed by atoms with van der Waals surface area (Å²) >= 11 is 0. The van der Waals surface area contributed by atoms with Gasteiger partial charge in [-0.1, -0.05) is 12.1 Å². The summed E-state index contributed by atoms with van der Waals surface area (Å²) in [7, 11) is 0. The van der Waals surface area contributed by atoms with Gasteiger partial charge >= 0.3 is 0 Å². The summed E-state index contributed by atoms with van der Waals surface area (Å²) < 4.78 is 35.8. The molecule has 0 aromatic heterocycles. The van der Waals surface area contributed by atoms with Gasteiger partial charge in [-0.15, -0.1) is 0 Å². The fourth-order valence-electron chi connectivity index (χ4n) is 3.70. The highest BCUT2D eigenvalue weighted by Crippen LogP contribution is 2.41. The molecule has 6 heteroatoms. The summed E-state index contributed by atoms with van der Waals surface area (Å²) in [6.45, 7) is 4.95. The van der Waals surface area contributed by atoms with Crippen LogP contribution in [0.3, 0.4) is 0 Å². The van der Waals surface area contributed by atoms with Gasteiger partial charge in [0.25, 0.3) is 0 Å². The monoisotopic (exact) mass is 346 g/mol. The minimum atomic E-state index is -0.743. The van der Waals surface area contributed by atoms with Crippen molar-refractivity contribution >= 4 is 0 Å². The van der Waals surface area contributed by atoms with Crippen LogP contribution in [0.15, 0.2) is 24.3 Å². The van der Waals surface area contributed by atoms with Gasteiger partial charge in [-0.25, -0.2) is 8.78 Å². The van der Waals surface area contributed by atoms with E-state index in [2.05, 4.69) is 10.2 Å². The standard InChI is InChI=1S/C19H20F2N2O2/c1-11-3-2-4-15(24)16(11)17-14(20)7-12-9-23-6-5-22-8-13(23)10-25-19(12)18(17)21/h2-4,7,13,22,24H,5-6,8-10H2,1H3/t13-/m1/s1. The normalized spacial score (nSPS) is 20.4. The van der Waals surface area contributed by atoms with Crippen molar-refractivity contribution in [1.82, 2.24) is 10.2 Å². The molecule has 25 heavy (non-hydrogen) atoms. The Hall–Kier alpha value is -2.18. The zero-order valence-corrected chi connectivity index (χ0v) is 14.0. The van der Waals surface area contributed by atoms with Gasteiger partial charge in [0.15, 0.2) is 11.6 Å². The number of fused-ring (bicyclic) bond motifs is 2. The molecular weight excluding hydrogens is 326 g/mol. The number of nitrogens with zero attached hydrogens (tertiary/aromatic N) is 1. The lowest BCUT2D eigenvalue weighted by Crippen LogP contribution is -2.52. The zero-order valence-electron chi connectivity index (χ0n) is 14.0. The highest BCUT2D eigenvalue weighted by molar-refractivity contribution is 5.76. The second-order valence-electron chi connectivity index (χ2n) is 6.64.